The van der Waals surface area contributed by atoms with Crippen LogP contribution in [0.25, 0.3) is 11.1 Å². The second-order valence-electron chi connectivity index (χ2n) is 6.81. The Labute approximate surface area is 114 Å². The summed E-state index contributed by atoms with van der Waals surface area (Å²) in [6, 6.07) is 6.34. The van der Waals surface area contributed by atoms with Crippen LogP contribution in [0.3, 0.4) is 0 Å². The maximum atomic E-state index is 5.95. The summed E-state index contributed by atoms with van der Waals surface area (Å²) in [5.41, 5.74) is 3.20. The highest BCUT2D eigenvalue weighted by molar-refractivity contribution is 5.74. The van der Waals surface area contributed by atoms with Crippen molar-refractivity contribution < 1.29 is 4.42 Å². The van der Waals surface area contributed by atoms with Crippen LogP contribution in [0.15, 0.2) is 22.6 Å². The van der Waals surface area contributed by atoms with E-state index in [9.17, 15) is 0 Å². The summed E-state index contributed by atoms with van der Waals surface area (Å²) < 4.78 is 5.95. The number of fused-ring (bicyclic) bond motifs is 1. The van der Waals surface area contributed by atoms with E-state index in [2.05, 4.69) is 45.1 Å². The fourth-order valence-electron chi connectivity index (χ4n) is 2.71. The summed E-state index contributed by atoms with van der Waals surface area (Å²) in [5, 5.41) is 3.50. The minimum Gasteiger partial charge on any atom is -0.439 e. The lowest BCUT2D eigenvalue weighted by Crippen LogP contribution is -2.33. The molecule has 1 aliphatic heterocycles. The smallest absolute Gasteiger partial charge is 0.215 e. The van der Waals surface area contributed by atoms with Crippen LogP contribution >= 0.6 is 0 Å². The monoisotopic (exact) mass is 258 g/mol. The average Bonchev–Trinajstić information content (AvgIpc) is 2.93. The molecule has 1 N–H and O–H groups in total. The van der Waals surface area contributed by atoms with Crippen LogP contribution < -0.4 is 5.32 Å². The van der Waals surface area contributed by atoms with Gasteiger partial charge in [0.15, 0.2) is 5.58 Å². The molecule has 3 heteroatoms. The molecule has 1 aromatic carbocycles. The number of rotatable bonds is 1. The van der Waals surface area contributed by atoms with E-state index < -0.39 is 0 Å². The number of benzene rings is 1. The summed E-state index contributed by atoms with van der Waals surface area (Å²) in [6.07, 6.45) is 2.27. The average molecular weight is 258 g/mol. The van der Waals surface area contributed by atoms with Gasteiger partial charge in [0.05, 0.1) is 5.54 Å². The number of oxazole rings is 1. The predicted octanol–water partition coefficient (Wildman–Crippen LogP) is 3.72. The lowest BCUT2D eigenvalue weighted by atomic mass is 9.87. The molecule has 1 saturated heterocycles. The lowest BCUT2D eigenvalue weighted by molar-refractivity contribution is 0.330. The molecule has 3 nitrogen and oxygen atoms in total. The Kier molecular flexibility index (Phi) is 2.72. The highest BCUT2D eigenvalue weighted by Gasteiger charge is 2.35. The fraction of sp³-hybridized carbons (Fsp3) is 0.562. The topological polar surface area (TPSA) is 38.1 Å². The van der Waals surface area contributed by atoms with Crippen LogP contribution in [0.1, 0.15) is 52.0 Å². The summed E-state index contributed by atoms with van der Waals surface area (Å²) in [7, 11) is 0. The molecule has 0 bridgehead atoms. The zero-order valence-electron chi connectivity index (χ0n) is 12.2. The molecule has 2 heterocycles. The van der Waals surface area contributed by atoms with Gasteiger partial charge in [-0.25, -0.2) is 4.98 Å². The third-order valence-corrected chi connectivity index (χ3v) is 4.09. The molecule has 102 valence electrons. The second kappa shape index (κ2) is 4.07. The van der Waals surface area contributed by atoms with Gasteiger partial charge in [0, 0.05) is 0 Å². The van der Waals surface area contributed by atoms with Gasteiger partial charge < -0.3 is 9.73 Å². The van der Waals surface area contributed by atoms with E-state index in [1.807, 2.05) is 6.07 Å². The Morgan fingerprint density at radius 3 is 2.74 bits per heavy atom. The van der Waals surface area contributed by atoms with Gasteiger partial charge in [-0.2, -0.15) is 0 Å². The normalized spacial score (nSPS) is 24.2. The van der Waals surface area contributed by atoms with Crippen LogP contribution in [0, 0.1) is 0 Å². The Bertz CT molecular complexity index is 601. The zero-order valence-corrected chi connectivity index (χ0v) is 12.2. The van der Waals surface area contributed by atoms with Gasteiger partial charge in [0.25, 0.3) is 0 Å². The SMILES string of the molecule is CC(C)(C)c1ccc2oc(C3(C)CCCN3)nc2c1. The van der Waals surface area contributed by atoms with Gasteiger partial charge >= 0.3 is 0 Å². The molecule has 0 radical (unpaired) electrons. The number of hydrogen-bond donors (Lipinski definition) is 1. The third-order valence-electron chi connectivity index (χ3n) is 4.09. The van der Waals surface area contributed by atoms with Gasteiger partial charge in [-0.1, -0.05) is 26.8 Å². The molecular formula is C16H22N2O. The van der Waals surface area contributed by atoms with Crippen molar-refractivity contribution in [1.29, 1.82) is 0 Å². The van der Waals surface area contributed by atoms with E-state index in [4.69, 9.17) is 9.40 Å². The molecule has 0 saturated carbocycles. The summed E-state index contributed by atoms with van der Waals surface area (Å²) >= 11 is 0. The largest absolute Gasteiger partial charge is 0.439 e. The number of nitrogens with zero attached hydrogens (tertiary/aromatic N) is 1. The fourth-order valence-corrected chi connectivity index (χ4v) is 2.71. The Morgan fingerprint density at radius 1 is 1.32 bits per heavy atom. The van der Waals surface area contributed by atoms with Crippen molar-refractivity contribution in [2.45, 2.75) is 51.5 Å². The van der Waals surface area contributed by atoms with Crippen molar-refractivity contribution in [2.24, 2.45) is 0 Å². The highest BCUT2D eigenvalue weighted by atomic mass is 16.4. The van der Waals surface area contributed by atoms with Crippen molar-refractivity contribution in [1.82, 2.24) is 10.3 Å². The predicted molar refractivity (Wildman–Crippen MR) is 77.3 cm³/mol. The number of aromatic nitrogens is 1. The van der Waals surface area contributed by atoms with E-state index in [1.54, 1.807) is 0 Å². The van der Waals surface area contributed by atoms with Crippen LogP contribution in [-0.4, -0.2) is 11.5 Å². The summed E-state index contributed by atoms with van der Waals surface area (Å²) in [4.78, 5) is 4.71. The van der Waals surface area contributed by atoms with Gasteiger partial charge in [-0.15, -0.1) is 0 Å². The molecule has 1 fully saturated rings. The molecular weight excluding hydrogens is 236 g/mol. The minimum absolute atomic E-state index is 0.0963. The van der Waals surface area contributed by atoms with Gasteiger partial charge in [-0.05, 0) is 49.4 Å². The molecule has 1 aliphatic rings. The van der Waals surface area contributed by atoms with E-state index >= 15 is 0 Å². The van der Waals surface area contributed by atoms with Gasteiger partial charge in [0.1, 0.15) is 5.52 Å². The van der Waals surface area contributed by atoms with Crippen molar-refractivity contribution in [3.05, 3.63) is 29.7 Å². The molecule has 3 rings (SSSR count). The van der Waals surface area contributed by atoms with Crippen LogP contribution in [-0.2, 0) is 11.0 Å². The molecule has 1 atom stereocenters. The summed E-state index contributed by atoms with van der Waals surface area (Å²) in [5.74, 6) is 0.825. The lowest BCUT2D eigenvalue weighted by Gasteiger charge is -2.19. The first kappa shape index (κ1) is 12.7. The molecule has 0 spiro atoms. The number of hydrogen-bond acceptors (Lipinski definition) is 3. The van der Waals surface area contributed by atoms with E-state index in [-0.39, 0.29) is 11.0 Å². The molecule has 0 amide bonds. The molecule has 19 heavy (non-hydrogen) atoms. The Balaban J connectivity index is 2.06. The first-order valence-electron chi connectivity index (χ1n) is 7.05. The van der Waals surface area contributed by atoms with Crippen LogP contribution in [0.5, 0.6) is 0 Å². The van der Waals surface area contributed by atoms with Crippen LogP contribution in [0.2, 0.25) is 0 Å². The third kappa shape index (κ3) is 2.16. The summed E-state index contributed by atoms with van der Waals surface area (Å²) in [6.45, 7) is 9.87. The Hall–Kier alpha value is -1.35. The number of nitrogens with one attached hydrogen (secondary N) is 1. The van der Waals surface area contributed by atoms with Crippen molar-refractivity contribution in [2.75, 3.05) is 6.54 Å². The maximum Gasteiger partial charge on any atom is 0.215 e. The zero-order chi connectivity index (χ0) is 13.7. The first-order chi connectivity index (χ1) is 8.88. The maximum absolute atomic E-state index is 5.95. The quantitative estimate of drug-likeness (QED) is 0.847. The van der Waals surface area contributed by atoms with E-state index in [0.29, 0.717) is 0 Å². The van der Waals surface area contributed by atoms with Gasteiger partial charge in [0.2, 0.25) is 5.89 Å². The van der Waals surface area contributed by atoms with E-state index in [0.717, 1.165) is 30.0 Å². The minimum atomic E-state index is -0.0963. The molecule has 0 aliphatic carbocycles. The highest BCUT2D eigenvalue weighted by Crippen LogP contribution is 2.33. The van der Waals surface area contributed by atoms with Crippen molar-refractivity contribution in [3.8, 4) is 0 Å². The van der Waals surface area contributed by atoms with Crippen LogP contribution in [0.4, 0.5) is 0 Å². The Morgan fingerprint density at radius 2 is 2.11 bits per heavy atom. The van der Waals surface area contributed by atoms with E-state index in [1.165, 1.54) is 12.0 Å². The van der Waals surface area contributed by atoms with Crippen molar-refractivity contribution >= 4 is 11.1 Å². The standard InChI is InChI=1S/C16H22N2O/c1-15(2,3)11-6-7-13-12(10-11)18-14(19-13)16(4)8-5-9-17-16/h6-7,10,17H,5,8-9H2,1-4H3. The molecule has 1 unspecified atom stereocenters. The molecule has 2 aromatic rings. The first-order valence-corrected chi connectivity index (χ1v) is 7.05. The van der Waals surface area contributed by atoms with Crippen molar-refractivity contribution in [3.63, 3.8) is 0 Å². The van der Waals surface area contributed by atoms with Gasteiger partial charge in [-0.3, -0.25) is 0 Å². The second-order valence-corrected chi connectivity index (χ2v) is 6.81. The molecule has 1 aromatic heterocycles.